The van der Waals surface area contributed by atoms with Crippen molar-refractivity contribution < 1.29 is 0 Å². The molecule has 3 heteroatoms. The Morgan fingerprint density at radius 3 is 2.47 bits per heavy atom. The molecule has 0 aliphatic carbocycles. The summed E-state index contributed by atoms with van der Waals surface area (Å²) in [5, 5.41) is 10.5. The summed E-state index contributed by atoms with van der Waals surface area (Å²) in [6.45, 7) is 11.7. The lowest BCUT2D eigenvalue weighted by Crippen LogP contribution is -2.34. The normalized spacial score (nSPS) is 17.8. The first-order valence-corrected chi connectivity index (χ1v) is 7.41. The molecule has 17 heavy (non-hydrogen) atoms. The second-order valence-electron chi connectivity index (χ2n) is 5.68. The van der Waals surface area contributed by atoms with Crippen molar-refractivity contribution in [3.05, 3.63) is 0 Å². The van der Waals surface area contributed by atoms with E-state index in [0.717, 1.165) is 18.4 Å². The minimum absolute atomic E-state index is 0.820. The van der Waals surface area contributed by atoms with Crippen molar-refractivity contribution in [3.8, 4) is 0 Å². The third-order valence-electron chi connectivity index (χ3n) is 3.50. The molecule has 0 radical (unpaired) electrons. The zero-order chi connectivity index (χ0) is 12.3. The molecular formula is C14H31N3. The van der Waals surface area contributed by atoms with Gasteiger partial charge in [-0.1, -0.05) is 13.8 Å². The third-order valence-corrected chi connectivity index (χ3v) is 3.50. The summed E-state index contributed by atoms with van der Waals surface area (Å²) in [5.41, 5.74) is 0. The van der Waals surface area contributed by atoms with Gasteiger partial charge in [0.05, 0.1) is 0 Å². The van der Waals surface area contributed by atoms with E-state index in [4.69, 9.17) is 0 Å². The van der Waals surface area contributed by atoms with Crippen LogP contribution in [0.4, 0.5) is 0 Å². The summed E-state index contributed by atoms with van der Waals surface area (Å²) in [5.74, 6) is 1.73. The number of nitrogens with one attached hydrogen (secondary N) is 3. The molecule has 0 amide bonds. The smallest absolute Gasteiger partial charge is 0.00196 e. The molecule has 0 aromatic rings. The van der Waals surface area contributed by atoms with Gasteiger partial charge in [0.25, 0.3) is 0 Å². The van der Waals surface area contributed by atoms with Crippen LogP contribution in [-0.4, -0.2) is 39.3 Å². The number of hydrogen-bond donors (Lipinski definition) is 3. The predicted octanol–water partition coefficient (Wildman–Crippen LogP) is 1.60. The summed E-state index contributed by atoms with van der Waals surface area (Å²) in [4.78, 5) is 0. The Hall–Kier alpha value is -0.120. The van der Waals surface area contributed by atoms with E-state index in [1.165, 1.54) is 58.4 Å². The van der Waals surface area contributed by atoms with Crippen LogP contribution in [0.2, 0.25) is 0 Å². The van der Waals surface area contributed by atoms with Gasteiger partial charge in [-0.05, 0) is 76.8 Å². The standard InChI is InChI=1S/C14H31N3/c1-13(2)4-9-15-7-3-8-17-12-14-5-10-16-11-6-14/h13-17H,3-12H2,1-2H3. The lowest BCUT2D eigenvalue weighted by molar-refractivity contribution is 0.356. The highest BCUT2D eigenvalue weighted by Crippen LogP contribution is 2.09. The fraction of sp³-hybridized carbons (Fsp3) is 1.00. The fourth-order valence-corrected chi connectivity index (χ4v) is 2.25. The van der Waals surface area contributed by atoms with Crippen LogP contribution in [0.15, 0.2) is 0 Å². The Balaban J connectivity index is 1.78. The molecule has 1 aliphatic rings. The van der Waals surface area contributed by atoms with Crippen molar-refractivity contribution >= 4 is 0 Å². The van der Waals surface area contributed by atoms with Crippen LogP contribution in [-0.2, 0) is 0 Å². The van der Waals surface area contributed by atoms with Crippen molar-refractivity contribution in [2.75, 3.05) is 39.3 Å². The molecule has 0 aromatic carbocycles. The second kappa shape index (κ2) is 9.86. The first-order valence-electron chi connectivity index (χ1n) is 7.41. The average Bonchev–Trinajstić information content (AvgIpc) is 2.33. The Labute approximate surface area is 107 Å². The summed E-state index contributed by atoms with van der Waals surface area (Å²) < 4.78 is 0. The molecule has 0 atom stereocenters. The van der Waals surface area contributed by atoms with Gasteiger partial charge < -0.3 is 16.0 Å². The molecule has 0 saturated carbocycles. The van der Waals surface area contributed by atoms with Gasteiger partial charge >= 0.3 is 0 Å². The van der Waals surface area contributed by atoms with E-state index in [1.54, 1.807) is 0 Å². The molecular weight excluding hydrogens is 210 g/mol. The Morgan fingerprint density at radius 2 is 1.76 bits per heavy atom. The van der Waals surface area contributed by atoms with Gasteiger partial charge in [-0.15, -0.1) is 0 Å². The van der Waals surface area contributed by atoms with E-state index >= 15 is 0 Å². The van der Waals surface area contributed by atoms with Crippen LogP contribution in [0.5, 0.6) is 0 Å². The van der Waals surface area contributed by atoms with E-state index in [1.807, 2.05) is 0 Å². The molecule has 0 aromatic heterocycles. The van der Waals surface area contributed by atoms with Gasteiger partial charge in [0, 0.05) is 0 Å². The zero-order valence-electron chi connectivity index (χ0n) is 11.7. The highest BCUT2D eigenvalue weighted by atomic mass is 14.9. The van der Waals surface area contributed by atoms with Crippen LogP contribution >= 0.6 is 0 Å². The van der Waals surface area contributed by atoms with Crippen LogP contribution < -0.4 is 16.0 Å². The van der Waals surface area contributed by atoms with Crippen molar-refractivity contribution in [2.24, 2.45) is 11.8 Å². The summed E-state index contributed by atoms with van der Waals surface area (Å²) in [6, 6.07) is 0. The molecule has 1 saturated heterocycles. The van der Waals surface area contributed by atoms with Crippen molar-refractivity contribution in [1.82, 2.24) is 16.0 Å². The summed E-state index contributed by atoms with van der Waals surface area (Å²) in [7, 11) is 0. The van der Waals surface area contributed by atoms with Gasteiger partial charge in [-0.2, -0.15) is 0 Å². The molecule has 102 valence electrons. The SMILES string of the molecule is CC(C)CCNCCCNCC1CCNCC1. The van der Waals surface area contributed by atoms with Gasteiger partial charge in [0.15, 0.2) is 0 Å². The third kappa shape index (κ3) is 8.58. The number of rotatable bonds is 9. The fourth-order valence-electron chi connectivity index (χ4n) is 2.25. The predicted molar refractivity (Wildman–Crippen MR) is 75.4 cm³/mol. The lowest BCUT2D eigenvalue weighted by Gasteiger charge is -2.22. The quantitative estimate of drug-likeness (QED) is 0.537. The Kier molecular flexibility index (Phi) is 8.67. The summed E-state index contributed by atoms with van der Waals surface area (Å²) in [6.07, 6.45) is 5.24. The molecule has 3 nitrogen and oxygen atoms in total. The van der Waals surface area contributed by atoms with E-state index in [0.29, 0.717) is 0 Å². The first kappa shape index (κ1) is 14.9. The van der Waals surface area contributed by atoms with E-state index in [2.05, 4.69) is 29.8 Å². The molecule has 3 N–H and O–H groups in total. The monoisotopic (exact) mass is 241 g/mol. The van der Waals surface area contributed by atoms with Crippen molar-refractivity contribution in [1.29, 1.82) is 0 Å². The lowest BCUT2D eigenvalue weighted by atomic mass is 9.98. The number of piperidine rings is 1. The van der Waals surface area contributed by atoms with Gasteiger partial charge in [-0.3, -0.25) is 0 Å². The van der Waals surface area contributed by atoms with Crippen molar-refractivity contribution in [3.63, 3.8) is 0 Å². The summed E-state index contributed by atoms with van der Waals surface area (Å²) >= 11 is 0. The van der Waals surface area contributed by atoms with E-state index < -0.39 is 0 Å². The van der Waals surface area contributed by atoms with Crippen LogP contribution in [0, 0.1) is 11.8 Å². The highest BCUT2D eigenvalue weighted by Gasteiger charge is 2.11. The van der Waals surface area contributed by atoms with Crippen LogP contribution in [0.25, 0.3) is 0 Å². The molecule has 1 aliphatic heterocycles. The van der Waals surface area contributed by atoms with Crippen LogP contribution in [0.1, 0.15) is 39.5 Å². The maximum atomic E-state index is 3.59. The molecule has 1 fully saturated rings. The highest BCUT2D eigenvalue weighted by molar-refractivity contribution is 4.70. The van der Waals surface area contributed by atoms with Gasteiger partial charge in [0.1, 0.15) is 0 Å². The Bertz CT molecular complexity index is 165. The average molecular weight is 241 g/mol. The maximum Gasteiger partial charge on any atom is -0.00196 e. The molecule has 0 bridgehead atoms. The second-order valence-corrected chi connectivity index (χ2v) is 5.68. The van der Waals surface area contributed by atoms with Gasteiger partial charge in [-0.25, -0.2) is 0 Å². The zero-order valence-corrected chi connectivity index (χ0v) is 11.7. The molecule has 0 spiro atoms. The van der Waals surface area contributed by atoms with E-state index in [9.17, 15) is 0 Å². The Morgan fingerprint density at radius 1 is 1.06 bits per heavy atom. The first-order chi connectivity index (χ1) is 8.29. The van der Waals surface area contributed by atoms with Crippen molar-refractivity contribution in [2.45, 2.75) is 39.5 Å². The topological polar surface area (TPSA) is 36.1 Å². The molecule has 1 heterocycles. The van der Waals surface area contributed by atoms with Crippen LogP contribution in [0.3, 0.4) is 0 Å². The molecule has 0 unspecified atom stereocenters. The number of hydrogen-bond acceptors (Lipinski definition) is 3. The largest absolute Gasteiger partial charge is 0.317 e. The maximum absolute atomic E-state index is 3.59. The molecule has 1 rings (SSSR count). The van der Waals surface area contributed by atoms with E-state index in [-0.39, 0.29) is 0 Å². The van der Waals surface area contributed by atoms with Gasteiger partial charge in [0.2, 0.25) is 0 Å². The minimum Gasteiger partial charge on any atom is -0.317 e. The minimum atomic E-state index is 0.820.